The Labute approximate surface area is 208 Å². The topological polar surface area (TPSA) is 29.5 Å². The SMILES string of the molecule is C/C=C\CC1CCC(c2ccc(C(C)(C)CCCCCC)cc2OCc2ccccc2)CC1O. The van der Waals surface area contributed by atoms with Crippen molar-refractivity contribution < 1.29 is 9.84 Å². The Morgan fingerprint density at radius 3 is 2.53 bits per heavy atom. The molecule has 1 saturated carbocycles. The molecular formula is C32H46O2. The summed E-state index contributed by atoms with van der Waals surface area (Å²) in [5, 5.41) is 10.9. The van der Waals surface area contributed by atoms with E-state index in [1.807, 2.05) is 6.07 Å². The highest BCUT2D eigenvalue weighted by atomic mass is 16.5. The second-order valence-electron chi connectivity index (χ2n) is 10.9. The zero-order valence-corrected chi connectivity index (χ0v) is 21.9. The lowest BCUT2D eigenvalue weighted by Gasteiger charge is -2.34. The van der Waals surface area contributed by atoms with E-state index >= 15 is 0 Å². The Kier molecular flexibility index (Phi) is 10.3. The van der Waals surface area contributed by atoms with Gasteiger partial charge in [0, 0.05) is 0 Å². The van der Waals surface area contributed by atoms with E-state index in [2.05, 4.69) is 82.3 Å². The molecule has 0 saturated heterocycles. The van der Waals surface area contributed by atoms with Crippen LogP contribution in [-0.4, -0.2) is 11.2 Å². The van der Waals surface area contributed by atoms with E-state index < -0.39 is 0 Å². The molecule has 0 amide bonds. The number of allylic oxidation sites excluding steroid dienone is 2. The van der Waals surface area contributed by atoms with Gasteiger partial charge in [0.25, 0.3) is 0 Å². The lowest BCUT2D eigenvalue weighted by atomic mass is 9.74. The average Bonchev–Trinajstić information content (AvgIpc) is 2.85. The highest BCUT2D eigenvalue weighted by Gasteiger charge is 2.31. The lowest BCUT2D eigenvalue weighted by Crippen LogP contribution is -2.28. The zero-order chi connectivity index (χ0) is 24.4. The van der Waals surface area contributed by atoms with E-state index in [0.29, 0.717) is 18.4 Å². The van der Waals surface area contributed by atoms with E-state index in [9.17, 15) is 5.11 Å². The summed E-state index contributed by atoms with van der Waals surface area (Å²) >= 11 is 0. The maximum Gasteiger partial charge on any atom is 0.123 e. The van der Waals surface area contributed by atoms with Crippen molar-refractivity contribution in [2.75, 3.05) is 0 Å². The molecule has 186 valence electrons. The van der Waals surface area contributed by atoms with Gasteiger partial charge in [-0.15, -0.1) is 0 Å². The van der Waals surface area contributed by atoms with Crippen molar-refractivity contribution in [3.05, 3.63) is 77.4 Å². The van der Waals surface area contributed by atoms with Crippen LogP contribution in [0.5, 0.6) is 5.75 Å². The van der Waals surface area contributed by atoms with E-state index in [-0.39, 0.29) is 11.5 Å². The number of ether oxygens (including phenoxy) is 1. The number of rotatable bonds is 12. The van der Waals surface area contributed by atoms with E-state index in [0.717, 1.165) is 31.4 Å². The van der Waals surface area contributed by atoms with Gasteiger partial charge >= 0.3 is 0 Å². The molecule has 3 unspecified atom stereocenters. The first-order valence-electron chi connectivity index (χ1n) is 13.5. The van der Waals surface area contributed by atoms with Crippen LogP contribution in [0.3, 0.4) is 0 Å². The van der Waals surface area contributed by atoms with Gasteiger partial charge in [0.15, 0.2) is 0 Å². The molecule has 0 heterocycles. The third-order valence-corrected chi connectivity index (χ3v) is 7.76. The molecule has 2 aromatic rings. The molecular weight excluding hydrogens is 416 g/mol. The van der Waals surface area contributed by atoms with Gasteiger partial charge in [0.2, 0.25) is 0 Å². The zero-order valence-electron chi connectivity index (χ0n) is 21.9. The van der Waals surface area contributed by atoms with E-state index in [1.165, 1.54) is 48.8 Å². The summed E-state index contributed by atoms with van der Waals surface area (Å²) in [5.74, 6) is 1.74. The van der Waals surface area contributed by atoms with Gasteiger partial charge in [0.1, 0.15) is 12.4 Å². The fourth-order valence-corrected chi connectivity index (χ4v) is 5.37. The Bertz CT molecular complexity index is 883. The van der Waals surface area contributed by atoms with Crippen LogP contribution in [0.15, 0.2) is 60.7 Å². The molecule has 1 N–H and O–H groups in total. The highest BCUT2D eigenvalue weighted by molar-refractivity contribution is 5.43. The monoisotopic (exact) mass is 462 g/mol. The standard InChI is InChI=1S/C32H46O2/c1-5-7-9-13-21-32(3,4)28-19-20-29(27-18-17-26(16-8-6-2)30(33)22-27)31(23-28)34-24-25-14-11-10-12-15-25/h6,8,10-12,14-15,19-20,23,26-27,30,33H,5,7,9,13,16-18,21-22,24H2,1-4H3/b8-6-. The minimum absolute atomic E-state index is 0.126. The summed E-state index contributed by atoms with van der Waals surface area (Å²) in [6.45, 7) is 9.63. The molecule has 1 aliphatic rings. The van der Waals surface area contributed by atoms with Gasteiger partial charge in [-0.05, 0) is 79.0 Å². The third-order valence-electron chi connectivity index (χ3n) is 7.76. The molecule has 34 heavy (non-hydrogen) atoms. The van der Waals surface area contributed by atoms with Crippen molar-refractivity contribution in [3.8, 4) is 5.75 Å². The summed E-state index contributed by atoms with van der Waals surface area (Å²) < 4.78 is 6.49. The van der Waals surface area contributed by atoms with Crippen LogP contribution in [0.2, 0.25) is 0 Å². The summed E-state index contributed by atoms with van der Waals surface area (Å²) in [6, 6.07) is 17.3. The average molecular weight is 463 g/mol. The molecule has 0 aliphatic heterocycles. The first-order chi connectivity index (χ1) is 16.4. The van der Waals surface area contributed by atoms with Gasteiger partial charge < -0.3 is 9.84 Å². The summed E-state index contributed by atoms with van der Waals surface area (Å²) in [4.78, 5) is 0. The molecule has 2 heteroatoms. The van der Waals surface area contributed by atoms with Crippen LogP contribution in [0.25, 0.3) is 0 Å². The summed E-state index contributed by atoms with van der Waals surface area (Å²) in [5.41, 5.74) is 3.94. The molecule has 0 radical (unpaired) electrons. The van der Waals surface area contributed by atoms with Gasteiger partial charge in [-0.3, -0.25) is 0 Å². The van der Waals surface area contributed by atoms with Crippen LogP contribution in [-0.2, 0) is 12.0 Å². The number of aliphatic hydroxyl groups is 1. The number of aliphatic hydroxyl groups excluding tert-OH is 1. The van der Waals surface area contributed by atoms with Gasteiger partial charge in [-0.2, -0.15) is 0 Å². The molecule has 3 atom stereocenters. The van der Waals surface area contributed by atoms with Crippen LogP contribution >= 0.6 is 0 Å². The largest absolute Gasteiger partial charge is 0.489 e. The summed E-state index contributed by atoms with van der Waals surface area (Å²) in [7, 11) is 0. The number of benzene rings is 2. The van der Waals surface area contributed by atoms with Crippen molar-refractivity contribution in [2.24, 2.45) is 5.92 Å². The van der Waals surface area contributed by atoms with Crippen LogP contribution in [0.1, 0.15) is 108 Å². The van der Waals surface area contributed by atoms with Gasteiger partial charge in [-0.1, -0.05) is 101 Å². The Balaban J connectivity index is 1.80. The molecule has 3 rings (SSSR count). The molecule has 1 fully saturated rings. The van der Waals surface area contributed by atoms with Gasteiger partial charge in [0.05, 0.1) is 6.10 Å². The second-order valence-corrected chi connectivity index (χ2v) is 10.9. The quantitative estimate of drug-likeness (QED) is 0.252. The maximum absolute atomic E-state index is 10.9. The second kappa shape index (κ2) is 13.1. The van der Waals surface area contributed by atoms with Crippen molar-refractivity contribution in [2.45, 2.75) is 110 Å². The van der Waals surface area contributed by atoms with E-state index in [4.69, 9.17) is 4.74 Å². The minimum Gasteiger partial charge on any atom is -0.489 e. The lowest BCUT2D eigenvalue weighted by molar-refractivity contribution is 0.0613. The fourth-order valence-electron chi connectivity index (χ4n) is 5.37. The Morgan fingerprint density at radius 2 is 1.82 bits per heavy atom. The first-order valence-corrected chi connectivity index (χ1v) is 13.5. The number of hydrogen-bond acceptors (Lipinski definition) is 2. The third kappa shape index (κ3) is 7.47. The fraction of sp³-hybridized carbons (Fsp3) is 0.562. The van der Waals surface area contributed by atoms with E-state index in [1.54, 1.807) is 0 Å². The van der Waals surface area contributed by atoms with Crippen LogP contribution in [0, 0.1) is 5.92 Å². The minimum atomic E-state index is -0.244. The predicted octanol–water partition coefficient (Wildman–Crippen LogP) is 8.72. The maximum atomic E-state index is 10.9. The predicted molar refractivity (Wildman–Crippen MR) is 145 cm³/mol. The molecule has 0 aromatic heterocycles. The van der Waals surface area contributed by atoms with Crippen LogP contribution in [0.4, 0.5) is 0 Å². The number of hydrogen-bond donors (Lipinski definition) is 1. The van der Waals surface area contributed by atoms with Crippen molar-refractivity contribution in [1.82, 2.24) is 0 Å². The number of unbranched alkanes of at least 4 members (excludes halogenated alkanes) is 3. The summed E-state index contributed by atoms with van der Waals surface area (Å²) in [6.07, 6.45) is 14.4. The molecule has 2 nitrogen and oxygen atoms in total. The Hall–Kier alpha value is -2.06. The highest BCUT2D eigenvalue weighted by Crippen LogP contribution is 2.43. The molecule has 0 spiro atoms. The van der Waals surface area contributed by atoms with Crippen LogP contribution < -0.4 is 4.74 Å². The molecule has 2 aromatic carbocycles. The first kappa shape index (κ1) is 26.5. The Morgan fingerprint density at radius 1 is 1.03 bits per heavy atom. The van der Waals surface area contributed by atoms with Gasteiger partial charge in [-0.25, -0.2) is 0 Å². The molecule has 1 aliphatic carbocycles. The van der Waals surface area contributed by atoms with Crippen molar-refractivity contribution >= 4 is 0 Å². The van der Waals surface area contributed by atoms with Crippen molar-refractivity contribution in [1.29, 1.82) is 0 Å². The smallest absolute Gasteiger partial charge is 0.123 e. The normalized spacial score (nSPS) is 21.1. The molecule has 0 bridgehead atoms. The van der Waals surface area contributed by atoms with Crippen molar-refractivity contribution in [3.63, 3.8) is 0 Å².